The third-order valence-electron chi connectivity index (χ3n) is 6.57. The largest absolute Gasteiger partial charge is 0.396 e. The molecule has 4 rings (SSSR count). The van der Waals surface area contributed by atoms with Crippen molar-refractivity contribution in [1.29, 1.82) is 0 Å². The van der Waals surface area contributed by atoms with E-state index < -0.39 is 15.9 Å². The van der Waals surface area contributed by atoms with Crippen molar-refractivity contribution >= 4 is 21.7 Å². The molecule has 9 heteroatoms. The van der Waals surface area contributed by atoms with Gasteiger partial charge in [-0.3, -0.25) is 9.69 Å². The number of aliphatic hydroxyl groups excluding tert-OH is 2. The summed E-state index contributed by atoms with van der Waals surface area (Å²) in [7, 11) is -3.87. The Bertz CT molecular complexity index is 1110. The molecule has 1 aromatic carbocycles. The van der Waals surface area contributed by atoms with Crippen LogP contribution < -0.4 is 4.90 Å². The minimum atomic E-state index is -3.87. The molecule has 8 nitrogen and oxygen atoms in total. The van der Waals surface area contributed by atoms with Crippen LogP contribution in [-0.2, 0) is 21.2 Å². The quantitative estimate of drug-likeness (QED) is 0.533. The van der Waals surface area contributed by atoms with Gasteiger partial charge in [0.25, 0.3) is 5.91 Å². The zero-order valence-electron chi connectivity index (χ0n) is 19.1. The van der Waals surface area contributed by atoms with Gasteiger partial charge in [0, 0.05) is 56.5 Å². The van der Waals surface area contributed by atoms with Crippen LogP contribution in [0.1, 0.15) is 31.2 Å². The first-order chi connectivity index (χ1) is 16.4. The van der Waals surface area contributed by atoms with E-state index in [-0.39, 0.29) is 36.6 Å². The molecule has 0 atom stereocenters. The maximum absolute atomic E-state index is 13.5. The van der Waals surface area contributed by atoms with Gasteiger partial charge in [0.15, 0.2) is 0 Å². The predicted octanol–water partition coefficient (Wildman–Crippen LogP) is 2.13. The number of aromatic nitrogens is 1. The lowest BCUT2D eigenvalue weighted by atomic mass is 10.1. The molecule has 2 aliphatic rings. The average Bonchev–Trinajstić information content (AvgIpc) is 3.51. The van der Waals surface area contributed by atoms with Crippen LogP contribution in [0.3, 0.4) is 0 Å². The van der Waals surface area contributed by atoms with Crippen LogP contribution >= 0.6 is 0 Å². The molecule has 0 saturated heterocycles. The molecule has 1 saturated carbocycles. The molecule has 2 N–H and O–H groups in total. The molecule has 0 radical (unpaired) electrons. The van der Waals surface area contributed by atoms with Crippen molar-refractivity contribution in [1.82, 2.24) is 9.29 Å². The van der Waals surface area contributed by atoms with E-state index in [0.29, 0.717) is 24.4 Å². The summed E-state index contributed by atoms with van der Waals surface area (Å²) in [6, 6.07) is 12.6. The van der Waals surface area contributed by atoms with Crippen molar-refractivity contribution in [3.05, 3.63) is 65.9 Å². The molecule has 1 aliphatic heterocycles. The number of hydrogen-bond donors (Lipinski definition) is 2. The second kappa shape index (κ2) is 10.8. The average molecular weight is 486 g/mol. The summed E-state index contributed by atoms with van der Waals surface area (Å²) in [6.07, 6.45) is 7.13. The van der Waals surface area contributed by atoms with E-state index in [1.54, 1.807) is 6.07 Å². The number of aliphatic hydroxyl groups is 2. The molecule has 34 heavy (non-hydrogen) atoms. The van der Waals surface area contributed by atoms with Crippen molar-refractivity contribution in [2.75, 3.05) is 31.2 Å². The van der Waals surface area contributed by atoms with Gasteiger partial charge in [-0.1, -0.05) is 49.2 Å². The van der Waals surface area contributed by atoms with E-state index in [4.69, 9.17) is 0 Å². The first kappa shape index (κ1) is 24.5. The molecular formula is C25H31N3O5S. The van der Waals surface area contributed by atoms with Crippen LogP contribution in [0.15, 0.2) is 65.2 Å². The maximum Gasteiger partial charge on any atom is 0.255 e. The molecule has 1 aliphatic carbocycles. The normalized spacial score (nSPS) is 17.2. The fraction of sp³-hybridized carbons (Fsp3) is 0.440. The number of sulfonamides is 1. The highest BCUT2D eigenvalue weighted by Crippen LogP contribution is 2.30. The zero-order valence-corrected chi connectivity index (χ0v) is 19.9. The van der Waals surface area contributed by atoms with Gasteiger partial charge >= 0.3 is 0 Å². The first-order valence-corrected chi connectivity index (χ1v) is 13.1. The van der Waals surface area contributed by atoms with Crippen LogP contribution in [0.5, 0.6) is 0 Å². The smallest absolute Gasteiger partial charge is 0.255 e. The van der Waals surface area contributed by atoms with E-state index in [2.05, 4.69) is 4.98 Å². The number of amides is 1. The number of benzene rings is 1. The third-order valence-corrected chi connectivity index (χ3v) is 8.47. The Morgan fingerprint density at radius 3 is 2.38 bits per heavy atom. The lowest BCUT2D eigenvalue weighted by Gasteiger charge is -2.30. The van der Waals surface area contributed by atoms with Crippen LogP contribution in [0.4, 0.5) is 5.82 Å². The Balaban J connectivity index is 1.50. The predicted molar refractivity (Wildman–Crippen MR) is 129 cm³/mol. The lowest BCUT2D eigenvalue weighted by molar-refractivity contribution is -0.114. The molecule has 0 unspecified atom stereocenters. The van der Waals surface area contributed by atoms with Crippen molar-refractivity contribution in [3.63, 3.8) is 0 Å². The summed E-state index contributed by atoms with van der Waals surface area (Å²) in [5.74, 6) is -0.272. The Morgan fingerprint density at radius 2 is 1.76 bits per heavy atom. The Kier molecular flexibility index (Phi) is 7.77. The van der Waals surface area contributed by atoms with Crippen molar-refractivity contribution in [2.45, 2.75) is 43.0 Å². The lowest BCUT2D eigenvalue weighted by Crippen LogP contribution is -2.43. The third kappa shape index (κ3) is 5.22. The van der Waals surface area contributed by atoms with Gasteiger partial charge < -0.3 is 10.2 Å². The fourth-order valence-corrected chi connectivity index (χ4v) is 6.30. The number of anilines is 1. The fourth-order valence-electron chi connectivity index (χ4n) is 4.59. The van der Waals surface area contributed by atoms with E-state index in [9.17, 15) is 23.4 Å². The molecular weight excluding hydrogens is 454 g/mol. The Hall–Kier alpha value is -2.59. The maximum atomic E-state index is 13.5. The summed E-state index contributed by atoms with van der Waals surface area (Å²) < 4.78 is 28.4. The molecule has 1 fully saturated rings. The van der Waals surface area contributed by atoms with E-state index in [1.807, 2.05) is 36.4 Å². The van der Waals surface area contributed by atoms with Gasteiger partial charge in [0.05, 0.1) is 0 Å². The number of carbonyl (C=O) groups is 1. The van der Waals surface area contributed by atoms with Crippen LogP contribution in [0.25, 0.3) is 0 Å². The summed E-state index contributed by atoms with van der Waals surface area (Å²) in [5, 5.41) is 19.0. The van der Waals surface area contributed by atoms with E-state index in [0.717, 1.165) is 31.2 Å². The molecule has 182 valence electrons. The van der Waals surface area contributed by atoms with Crippen molar-refractivity contribution in [2.24, 2.45) is 5.92 Å². The summed E-state index contributed by atoms with van der Waals surface area (Å²) in [4.78, 5) is 18.8. The van der Waals surface area contributed by atoms with Crippen LogP contribution in [0.2, 0.25) is 0 Å². The number of nitrogens with zero attached hydrogens (tertiary/aromatic N) is 3. The SMILES string of the molecule is O=C1C(Cc2ccccc2)=CCN1c1ccc(S(=O)(=O)N(CC(CO)CO)C2CCCC2)cn1. The first-order valence-electron chi connectivity index (χ1n) is 11.7. The molecule has 2 heterocycles. The number of rotatable bonds is 10. The molecule has 1 amide bonds. The van der Waals surface area contributed by atoms with Gasteiger partial charge in [0.2, 0.25) is 10.0 Å². The van der Waals surface area contributed by atoms with Crippen LogP contribution in [0, 0.1) is 5.92 Å². The van der Waals surface area contributed by atoms with E-state index >= 15 is 0 Å². The van der Waals surface area contributed by atoms with Crippen molar-refractivity contribution in [3.8, 4) is 0 Å². The van der Waals surface area contributed by atoms with Gasteiger partial charge in [0.1, 0.15) is 10.7 Å². The molecule has 1 aromatic heterocycles. The minimum Gasteiger partial charge on any atom is -0.396 e. The number of carbonyl (C=O) groups excluding carboxylic acids is 1. The van der Waals surface area contributed by atoms with E-state index in [1.165, 1.54) is 21.5 Å². The Morgan fingerprint density at radius 1 is 1.06 bits per heavy atom. The highest BCUT2D eigenvalue weighted by Gasteiger charge is 2.35. The van der Waals surface area contributed by atoms with Crippen LogP contribution in [-0.4, -0.2) is 66.2 Å². The highest BCUT2D eigenvalue weighted by atomic mass is 32.2. The standard InChI is InChI=1S/C25H31N3O5S/c29-17-20(18-30)16-28(22-8-4-5-9-22)34(32,33)23-10-11-24(26-15-23)27-13-12-21(25(27)31)14-19-6-2-1-3-7-19/h1-3,6-7,10-12,15,20,22,29-30H,4-5,8-9,13-14,16-18H2. The topological polar surface area (TPSA) is 111 Å². The molecule has 2 aromatic rings. The van der Waals surface area contributed by atoms with Crippen molar-refractivity contribution < 1.29 is 23.4 Å². The zero-order chi connectivity index (χ0) is 24.1. The van der Waals surface area contributed by atoms with Gasteiger partial charge in [-0.15, -0.1) is 0 Å². The second-order valence-electron chi connectivity index (χ2n) is 8.90. The number of pyridine rings is 1. The Labute approximate surface area is 200 Å². The summed E-state index contributed by atoms with van der Waals surface area (Å²) in [5.41, 5.74) is 1.74. The summed E-state index contributed by atoms with van der Waals surface area (Å²) in [6.45, 7) is -0.133. The summed E-state index contributed by atoms with van der Waals surface area (Å²) >= 11 is 0. The molecule has 0 spiro atoms. The second-order valence-corrected chi connectivity index (χ2v) is 10.8. The highest BCUT2D eigenvalue weighted by molar-refractivity contribution is 7.89. The monoisotopic (exact) mass is 485 g/mol. The van der Waals surface area contributed by atoms with Gasteiger partial charge in [-0.25, -0.2) is 13.4 Å². The molecule has 0 bridgehead atoms. The van der Waals surface area contributed by atoms with Gasteiger partial charge in [-0.05, 0) is 30.5 Å². The van der Waals surface area contributed by atoms with Gasteiger partial charge in [-0.2, -0.15) is 4.31 Å². The minimum absolute atomic E-state index is 0.0434. The number of hydrogen-bond acceptors (Lipinski definition) is 6.